The van der Waals surface area contributed by atoms with Crippen molar-refractivity contribution in [1.82, 2.24) is 4.90 Å². The zero-order valence-electron chi connectivity index (χ0n) is 20.1. The average Bonchev–Trinajstić information content (AvgIpc) is 3.14. The zero-order valence-corrected chi connectivity index (χ0v) is 22.5. The minimum atomic E-state index is -4.09. The van der Waals surface area contributed by atoms with Gasteiger partial charge in [0.1, 0.15) is 11.4 Å². The van der Waals surface area contributed by atoms with Crippen molar-refractivity contribution >= 4 is 62.3 Å². The van der Waals surface area contributed by atoms with Gasteiger partial charge in [0, 0.05) is 10.7 Å². The highest BCUT2D eigenvalue weighted by molar-refractivity contribution is 8.18. The van der Waals surface area contributed by atoms with Crippen molar-refractivity contribution < 1.29 is 31.7 Å². The maximum atomic E-state index is 12.9. The predicted octanol–water partition coefficient (Wildman–Crippen LogP) is 5.10. The summed E-state index contributed by atoms with van der Waals surface area (Å²) in [6, 6.07) is 17.0. The second-order valence-corrected chi connectivity index (χ2v) is 11.0. The molecule has 0 atom stereocenters. The highest BCUT2D eigenvalue weighted by Gasteiger charge is 2.36. The fraction of sp³-hybridized carbons (Fsp3) is 0.115. The molecule has 1 N–H and O–H groups in total. The van der Waals surface area contributed by atoms with Crippen LogP contribution in [-0.2, 0) is 19.7 Å². The number of nitrogens with one attached hydrogen (secondary N) is 1. The number of aryl methyl sites for hydroxylation is 1. The van der Waals surface area contributed by atoms with Gasteiger partial charge in [0.2, 0.25) is 5.91 Å². The van der Waals surface area contributed by atoms with Gasteiger partial charge in [-0.3, -0.25) is 19.3 Å². The number of carbonyl (C=O) groups is 3. The summed E-state index contributed by atoms with van der Waals surface area (Å²) in [5.41, 5.74) is 1.74. The summed E-state index contributed by atoms with van der Waals surface area (Å²) in [6.07, 6.45) is 1.44. The molecule has 3 aromatic rings. The van der Waals surface area contributed by atoms with Crippen LogP contribution in [0.5, 0.6) is 11.5 Å². The number of amides is 3. The van der Waals surface area contributed by atoms with E-state index in [-0.39, 0.29) is 21.3 Å². The highest BCUT2D eigenvalue weighted by atomic mass is 35.5. The van der Waals surface area contributed by atoms with E-state index in [0.717, 1.165) is 10.5 Å². The van der Waals surface area contributed by atoms with Crippen LogP contribution in [0.15, 0.2) is 76.5 Å². The summed E-state index contributed by atoms with van der Waals surface area (Å²) in [7, 11) is -2.75. The van der Waals surface area contributed by atoms with Crippen LogP contribution in [0.3, 0.4) is 0 Å². The van der Waals surface area contributed by atoms with Crippen molar-refractivity contribution in [1.29, 1.82) is 0 Å². The van der Waals surface area contributed by atoms with Crippen molar-refractivity contribution in [3.05, 3.63) is 87.8 Å². The molecule has 4 rings (SSSR count). The number of nitrogens with zero attached hydrogens (tertiary/aromatic N) is 1. The first-order chi connectivity index (χ1) is 18.1. The molecule has 0 radical (unpaired) electrons. The standard InChI is InChI=1S/C26H21ClN2O7S2/c1-16-8-10-18(14-20(16)27)28-24(30)15-29-25(31)23(37-26(29)32)13-17-9-11-21(22(12-17)35-2)36-38(33,34)19-6-4-3-5-7-19/h3-14H,15H2,1-2H3,(H,28,30)/b23-13-. The third kappa shape index (κ3) is 6.18. The fourth-order valence-corrected chi connectivity index (χ4v) is 5.38. The van der Waals surface area contributed by atoms with E-state index in [1.807, 2.05) is 6.92 Å². The maximum Gasteiger partial charge on any atom is 0.339 e. The number of thioether (sulfide) groups is 1. The van der Waals surface area contributed by atoms with Gasteiger partial charge in [0.15, 0.2) is 11.5 Å². The first-order valence-electron chi connectivity index (χ1n) is 11.1. The van der Waals surface area contributed by atoms with Gasteiger partial charge in [0.25, 0.3) is 11.1 Å². The summed E-state index contributed by atoms with van der Waals surface area (Å²) < 4.78 is 35.6. The Bertz CT molecular complexity index is 1560. The van der Waals surface area contributed by atoms with Gasteiger partial charge in [-0.25, -0.2) is 0 Å². The van der Waals surface area contributed by atoms with Crippen LogP contribution in [0.25, 0.3) is 6.08 Å². The fourth-order valence-electron chi connectivity index (χ4n) is 3.40. The zero-order chi connectivity index (χ0) is 27.4. The molecule has 9 nitrogen and oxygen atoms in total. The number of imide groups is 1. The minimum absolute atomic E-state index is 0.0192. The molecule has 1 heterocycles. The summed E-state index contributed by atoms with van der Waals surface area (Å²) >= 11 is 6.76. The number of carbonyl (C=O) groups excluding carboxylic acids is 3. The second-order valence-electron chi connectivity index (χ2n) is 8.04. The lowest BCUT2D eigenvalue weighted by Crippen LogP contribution is -2.36. The van der Waals surface area contributed by atoms with Crippen LogP contribution in [0.2, 0.25) is 5.02 Å². The van der Waals surface area contributed by atoms with Gasteiger partial charge in [-0.1, -0.05) is 41.9 Å². The van der Waals surface area contributed by atoms with E-state index in [2.05, 4.69) is 5.32 Å². The van der Waals surface area contributed by atoms with Crippen LogP contribution >= 0.6 is 23.4 Å². The number of hydrogen-bond acceptors (Lipinski definition) is 8. The molecular weight excluding hydrogens is 552 g/mol. The third-order valence-corrected chi connectivity index (χ3v) is 7.91. The van der Waals surface area contributed by atoms with E-state index in [0.29, 0.717) is 28.0 Å². The maximum absolute atomic E-state index is 12.9. The molecule has 1 saturated heterocycles. The largest absolute Gasteiger partial charge is 0.493 e. The molecule has 0 aromatic heterocycles. The number of methoxy groups -OCH3 is 1. The molecule has 0 aliphatic carbocycles. The van der Waals surface area contributed by atoms with Gasteiger partial charge >= 0.3 is 10.1 Å². The number of rotatable bonds is 8. The normalized spacial score (nSPS) is 14.6. The Balaban J connectivity index is 1.48. The quantitative estimate of drug-likeness (QED) is 0.292. The topological polar surface area (TPSA) is 119 Å². The Morgan fingerprint density at radius 1 is 1.05 bits per heavy atom. The molecule has 3 aromatic carbocycles. The monoisotopic (exact) mass is 572 g/mol. The SMILES string of the molecule is COc1cc(/C=C2\SC(=O)N(CC(=O)Nc3ccc(C)c(Cl)c3)C2=O)ccc1OS(=O)(=O)c1ccccc1. The molecule has 12 heteroatoms. The molecule has 3 amide bonds. The van der Waals surface area contributed by atoms with Crippen molar-refractivity contribution in [2.45, 2.75) is 11.8 Å². The molecule has 1 fully saturated rings. The van der Waals surface area contributed by atoms with Crippen LogP contribution in [0.4, 0.5) is 10.5 Å². The lowest BCUT2D eigenvalue weighted by Gasteiger charge is -2.13. The van der Waals surface area contributed by atoms with E-state index >= 15 is 0 Å². The average molecular weight is 573 g/mol. The Morgan fingerprint density at radius 2 is 1.79 bits per heavy atom. The number of benzene rings is 3. The molecule has 1 aliphatic rings. The molecule has 38 heavy (non-hydrogen) atoms. The van der Waals surface area contributed by atoms with Gasteiger partial charge in [-0.2, -0.15) is 8.42 Å². The van der Waals surface area contributed by atoms with E-state index in [4.69, 9.17) is 20.5 Å². The number of hydrogen-bond donors (Lipinski definition) is 1. The summed E-state index contributed by atoms with van der Waals surface area (Å²) in [5, 5.41) is 2.49. The van der Waals surface area contributed by atoms with Crippen LogP contribution in [-0.4, -0.2) is 44.0 Å². The van der Waals surface area contributed by atoms with E-state index in [1.54, 1.807) is 36.4 Å². The van der Waals surface area contributed by atoms with Crippen molar-refractivity contribution in [3.8, 4) is 11.5 Å². The summed E-state index contributed by atoms with van der Waals surface area (Å²) in [5.74, 6) is -1.14. The highest BCUT2D eigenvalue weighted by Crippen LogP contribution is 2.35. The lowest BCUT2D eigenvalue weighted by atomic mass is 10.2. The molecule has 1 aliphatic heterocycles. The second kappa shape index (κ2) is 11.3. The smallest absolute Gasteiger partial charge is 0.339 e. The van der Waals surface area contributed by atoms with Crippen molar-refractivity contribution in [2.75, 3.05) is 19.0 Å². The molecule has 0 saturated carbocycles. The first-order valence-corrected chi connectivity index (χ1v) is 13.7. The number of ether oxygens (including phenoxy) is 1. The van der Waals surface area contributed by atoms with Gasteiger partial charge in [-0.15, -0.1) is 0 Å². The Hall–Kier alpha value is -3.80. The van der Waals surface area contributed by atoms with Gasteiger partial charge in [0.05, 0.1) is 12.0 Å². The van der Waals surface area contributed by atoms with Crippen molar-refractivity contribution in [3.63, 3.8) is 0 Å². The van der Waals surface area contributed by atoms with Crippen molar-refractivity contribution in [2.24, 2.45) is 0 Å². The molecule has 0 unspecified atom stereocenters. The Kier molecular flexibility index (Phi) is 8.10. The van der Waals surface area contributed by atoms with Crippen LogP contribution in [0, 0.1) is 6.92 Å². The Morgan fingerprint density at radius 3 is 2.47 bits per heavy atom. The molecular formula is C26H21ClN2O7S2. The number of halogens is 1. The molecule has 0 bridgehead atoms. The first kappa shape index (κ1) is 27.2. The van der Waals surface area contributed by atoms with Crippen LogP contribution < -0.4 is 14.2 Å². The molecule has 0 spiro atoms. The lowest BCUT2D eigenvalue weighted by molar-refractivity contribution is -0.127. The van der Waals surface area contributed by atoms with Gasteiger partial charge < -0.3 is 14.2 Å². The summed E-state index contributed by atoms with van der Waals surface area (Å²) in [4.78, 5) is 38.7. The van der Waals surface area contributed by atoms with E-state index < -0.39 is 33.7 Å². The molecule has 196 valence electrons. The van der Waals surface area contributed by atoms with E-state index in [1.165, 1.54) is 43.5 Å². The predicted molar refractivity (Wildman–Crippen MR) is 145 cm³/mol. The van der Waals surface area contributed by atoms with Crippen LogP contribution in [0.1, 0.15) is 11.1 Å². The number of anilines is 1. The van der Waals surface area contributed by atoms with E-state index in [9.17, 15) is 22.8 Å². The summed E-state index contributed by atoms with van der Waals surface area (Å²) in [6.45, 7) is 1.35. The third-order valence-electron chi connectivity index (χ3n) is 5.35. The Labute approximate surface area is 228 Å². The van der Waals surface area contributed by atoms with Gasteiger partial charge in [-0.05, 0) is 72.3 Å². The minimum Gasteiger partial charge on any atom is -0.493 e.